The van der Waals surface area contributed by atoms with Crippen LogP contribution in [-0.4, -0.2) is 58.5 Å². The molecule has 1 aromatic heterocycles. The van der Waals surface area contributed by atoms with Gasteiger partial charge in [-0.05, 0) is 24.6 Å². The van der Waals surface area contributed by atoms with Gasteiger partial charge < -0.3 is 14.6 Å². The first-order chi connectivity index (χ1) is 11.2. The summed E-state index contributed by atoms with van der Waals surface area (Å²) in [6.07, 6.45) is -0.732. The van der Waals surface area contributed by atoms with Crippen molar-refractivity contribution in [2.45, 2.75) is 19.1 Å². The van der Waals surface area contributed by atoms with Gasteiger partial charge in [0.05, 0.1) is 19.8 Å². The van der Waals surface area contributed by atoms with E-state index >= 15 is 0 Å². The summed E-state index contributed by atoms with van der Waals surface area (Å²) in [5.74, 6) is 2.19. The van der Waals surface area contributed by atoms with E-state index in [9.17, 15) is 5.11 Å². The Morgan fingerprint density at radius 1 is 1.52 bits per heavy atom. The quantitative estimate of drug-likeness (QED) is 0.863. The van der Waals surface area contributed by atoms with Gasteiger partial charge in [-0.2, -0.15) is 5.10 Å². The fourth-order valence-electron chi connectivity index (χ4n) is 2.73. The number of nitrogens with one attached hydrogen (secondary N) is 1. The van der Waals surface area contributed by atoms with E-state index in [4.69, 9.17) is 9.47 Å². The average molecular weight is 318 g/mol. The van der Waals surface area contributed by atoms with Gasteiger partial charge in [0.1, 0.15) is 17.7 Å². The van der Waals surface area contributed by atoms with Crippen molar-refractivity contribution >= 4 is 0 Å². The Hall–Kier alpha value is -1.96. The Balaban J connectivity index is 1.62. The number of rotatable bonds is 5. The average Bonchev–Trinajstić information content (AvgIpc) is 3.02. The van der Waals surface area contributed by atoms with Crippen LogP contribution in [0.15, 0.2) is 24.3 Å². The summed E-state index contributed by atoms with van der Waals surface area (Å²) in [6.45, 7) is 4.45. The molecule has 7 heteroatoms. The lowest BCUT2D eigenvalue weighted by atomic mass is 10.1. The smallest absolute Gasteiger partial charge is 0.180 e. The van der Waals surface area contributed by atoms with Crippen LogP contribution in [0.5, 0.6) is 5.75 Å². The minimum atomic E-state index is -0.572. The molecule has 2 unspecified atom stereocenters. The number of morpholine rings is 1. The summed E-state index contributed by atoms with van der Waals surface area (Å²) in [4.78, 5) is 6.50. The number of methoxy groups -OCH3 is 1. The minimum absolute atomic E-state index is 0.161. The molecule has 0 radical (unpaired) electrons. The fraction of sp³-hybridized carbons (Fsp3) is 0.500. The van der Waals surface area contributed by atoms with Crippen LogP contribution < -0.4 is 4.74 Å². The Morgan fingerprint density at radius 3 is 3.13 bits per heavy atom. The predicted octanol–water partition coefficient (Wildman–Crippen LogP) is 1.23. The summed E-state index contributed by atoms with van der Waals surface area (Å²) in [6, 6.07) is 7.52. The molecule has 1 saturated heterocycles. The lowest BCUT2D eigenvalue weighted by Crippen LogP contribution is -2.40. The number of nitrogens with zero attached hydrogens (tertiary/aromatic N) is 3. The maximum atomic E-state index is 10.5. The van der Waals surface area contributed by atoms with E-state index in [1.54, 1.807) is 7.11 Å². The van der Waals surface area contributed by atoms with Crippen LogP contribution >= 0.6 is 0 Å². The molecule has 7 nitrogen and oxygen atoms in total. The van der Waals surface area contributed by atoms with Crippen molar-refractivity contribution in [1.29, 1.82) is 0 Å². The van der Waals surface area contributed by atoms with E-state index in [-0.39, 0.29) is 6.10 Å². The van der Waals surface area contributed by atoms with Crippen molar-refractivity contribution in [2.24, 2.45) is 0 Å². The van der Waals surface area contributed by atoms with Gasteiger partial charge in [-0.3, -0.25) is 10.00 Å². The molecule has 3 rings (SSSR count). The minimum Gasteiger partial charge on any atom is -0.497 e. The highest BCUT2D eigenvalue weighted by Gasteiger charge is 2.26. The van der Waals surface area contributed by atoms with E-state index in [2.05, 4.69) is 20.1 Å². The molecule has 2 heterocycles. The third kappa shape index (κ3) is 3.87. The summed E-state index contributed by atoms with van der Waals surface area (Å²) < 4.78 is 11.0. The number of ether oxygens (including phenoxy) is 2. The molecule has 0 aliphatic carbocycles. The molecular formula is C16H22N4O3. The van der Waals surface area contributed by atoms with E-state index in [0.29, 0.717) is 25.5 Å². The number of benzene rings is 1. The SMILES string of the molecule is COc1cccc(C(O)CN2CCOC(c3n[nH]c(C)n3)C2)c1. The van der Waals surface area contributed by atoms with Crippen molar-refractivity contribution in [3.63, 3.8) is 0 Å². The predicted molar refractivity (Wildman–Crippen MR) is 84.2 cm³/mol. The van der Waals surface area contributed by atoms with Crippen molar-refractivity contribution in [1.82, 2.24) is 20.1 Å². The van der Waals surface area contributed by atoms with Crippen LogP contribution in [0.1, 0.15) is 29.4 Å². The first kappa shape index (κ1) is 15.9. The molecule has 23 heavy (non-hydrogen) atoms. The third-order valence-electron chi connectivity index (χ3n) is 3.96. The van der Waals surface area contributed by atoms with E-state index in [1.165, 1.54) is 0 Å². The molecule has 124 valence electrons. The molecule has 0 bridgehead atoms. The maximum Gasteiger partial charge on any atom is 0.180 e. The van der Waals surface area contributed by atoms with Gasteiger partial charge in [-0.1, -0.05) is 12.1 Å². The van der Waals surface area contributed by atoms with Crippen LogP contribution in [0, 0.1) is 6.92 Å². The van der Waals surface area contributed by atoms with Gasteiger partial charge >= 0.3 is 0 Å². The highest BCUT2D eigenvalue weighted by atomic mass is 16.5. The summed E-state index contributed by atoms with van der Waals surface area (Å²) in [5, 5.41) is 17.5. The zero-order chi connectivity index (χ0) is 16.2. The number of aliphatic hydroxyl groups excluding tert-OH is 1. The van der Waals surface area contributed by atoms with Crippen molar-refractivity contribution in [3.8, 4) is 5.75 Å². The molecular weight excluding hydrogens is 296 g/mol. The number of aromatic nitrogens is 3. The third-order valence-corrected chi connectivity index (χ3v) is 3.96. The molecule has 0 amide bonds. The van der Waals surface area contributed by atoms with Gasteiger partial charge in [-0.15, -0.1) is 0 Å². The second-order valence-electron chi connectivity index (χ2n) is 5.69. The summed E-state index contributed by atoms with van der Waals surface area (Å²) in [5.41, 5.74) is 0.848. The molecule has 2 atom stereocenters. The van der Waals surface area contributed by atoms with E-state index in [1.807, 2.05) is 31.2 Å². The van der Waals surface area contributed by atoms with Gasteiger partial charge in [0, 0.05) is 19.6 Å². The molecule has 2 N–H and O–H groups in total. The molecule has 1 aromatic carbocycles. The number of hydrogen-bond donors (Lipinski definition) is 2. The van der Waals surface area contributed by atoms with Crippen molar-refractivity contribution < 1.29 is 14.6 Å². The molecule has 2 aromatic rings. The van der Waals surface area contributed by atoms with Crippen LogP contribution in [0.2, 0.25) is 0 Å². The van der Waals surface area contributed by atoms with Crippen LogP contribution in [-0.2, 0) is 4.74 Å². The Bertz CT molecular complexity index is 646. The molecule has 1 aliphatic rings. The lowest BCUT2D eigenvalue weighted by molar-refractivity contribution is -0.0461. The van der Waals surface area contributed by atoms with Gasteiger partial charge in [-0.25, -0.2) is 4.98 Å². The van der Waals surface area contributed by atoms with Crippen molar-refractivity contribution in [3.05, 3.63) is 41.5 Å². The monoisotopic (exact) mass is 318 g/mol. The zero-order valence-electron chi connectivity index (χ0n) is 13.4. The van der Waals surface area contributed by atoms with E-state index < -0.39 is 6.10 Å². The standard InChI is InChI=1S/C16H22N4O3/c1-11-17-16(19-18-11)15-10-20(6-7-23-15)9-14(21)12-4-3-5-13(8-12)22-2/h3-5,8,14-15,21H,6-7,9-10H2,1-2H3,(H,17,18,19). The highest BCUT2D eigenvalue weighted by Crippen LogP contribution is 2.23. The molecule has 1 aliphatic heterocycles. The zero-order valence-corrected chi connectivity index (χ0v) is 13.4. The van der Waals surface area contributed by atoms with Gasteiger partial charge in [0.15, 0.2) is 5.82 Å². The second-order valence-corrected chi connectivity index (χ2v) is 5.69. The Kier molecular flexibility index (Phi) is 4.90. The normalized spacial score (nSPS) is 20.4. The number of aromatic amines is 1. The number of hydrogen-bond acceptors (Lipinski definition) is 6. The first-order valence-electron chi connectivity index (χ1n) is 7.70. The Morgan fingerprint density at radius 2 is 2.39 bits per heavy atom. The highest BCUT2D eigenvalue weighted by molar-refractivity contribution is 5.29. The Labute approximate surface area is 135 Å². The lowest BCUT2D eigenvalue weighted by Gasteiger charge is -2.32. The number of β-amino-alcohol motifs (C(OH)–C–C–N with tert-alkyl or cyclic N) is 1. The van der Waals surface area contributed by atoms with Crippen molar-refractivity contribution in [2.75, 3.05) is 33.4 Å². The molecule has 0 spiro atoms. The number of H-pyrrole nitrogens is 1. The van der Waals surface area contributed by atoms with Gasteiger partial charge in [0.2, 0.25) is 0 Å². The van der Waals surface area contributed by atoms with Gasteiger partial charge in [0.25, 0.3) is 0 Å². The fourth-order valence-corrected chi connectivity index (χ4v) is 2.73. The number of aliphatic hydroxyl groups is 1. The van der Waals surface area contributed by atoms with Crippen LogP contribution in [0.3, 0.4) is 0 Å². The number of aryl methyl sites for hydroxylation is 1. The topological polar surface area (TPSA) is 83.5 Å². The summed E-state index contributed by atoms with van der Waals surface area (Å²) in [7, 11) is 1.62. The summed E-state index contributed by atoms with van der Waals surface area (Å²) >= 11 is 0. The van der Waals surface area contributed by atoms with E-state index in [0.717, 1.165) is 23.7 Å². The maximum absolute atomic E-state index is 10.5. The molecule has 1 fully saturated rings. The van der Waals surface area contributed by atoms with Crippen LogP contribution in [0.25, 0.3) is 0 Å². The van der Waals surface area contributed by atoms with Crippen LogP contribution in [0.4, 0.5) is 0 Å². The second kappa shape index (κ2) is 7.08. The molecule has 0 saturated carbocycles. The first-order valence-corrected chi connectivity index (χ1v) is 7.70. The largest absolute Gasteiger partial charge is 0.497 e.